The highest BCUT2D eigenvalue weighted by atomic mass is 32.2. The monoisotopic (exact) mass is 585 g/mol. The molecule has 4 N–H and O–H groups in total. The van der Waals surface area contributed by atoms with Crippen molar-refractivity contribution in [3.63, 3.8) is 0 Å². The van der Waals surface area contributed by atoms with Gasteiger partial charge in [0, 0.05) is 24.7 Å². The molecule has 0 aliphatic carbocycles. The molecule has 1 aromatic heterocycles. The quantitative estimate of drug-likeness (QED) is 0.186. The molecule has 3 atom stereocenters. The number of methoxy groups -OCH3 is 1. The Morgan fingerprint density at radius 2 is 1.48 bits per heavy atom. The summed E-state index contributed by atoms with van der Waals surface area (Å²) in [5, 5.41) is 7.77. The number of H-pyrrole nitrogens is 1. The fraction of sp³-hybridized carbons (Fsp3) is 0.692. The highest BCUT2D eigenvalue weighted by molar-refractivity contribution is 7.98. The molecule has 0 saturated heterocycles. The van der Waals surface area contributed by atoms with Crippen LogP contribution in [-0.2, 0) is 39.8 Å². The molecule has 226 valence electrons. The van der Waals surface area contributed by atoms with Gasteiger partial charge in [0.25, 0.3) is 0 Å². The molecule has 0 fully saturated rings. The van der Waals surface area contributed by atoms with Crippen LogP contribution in [0.25, 0.3) is 0 Å². The first kappa shape index (κ1) is 34.7. The van der Waals surface area contributed by atoms with Crippen molar-refractivity contribution in [2.75, 3.05) is 19.1 Å². The Balaban J connectivity index is 3.13. The van der Waals surface area contributed by atoms with Gasteiger partial charge in [-0.3, -0.25) is 14.4 Å². The van der Waals surface area contributed by atoms with Gasteiger partial charge >= 0.3 is 18.0 Å². The molecule has 0 aromatic carbocycles. The maximum absolute atomic E-state index is 13.4. The molecule has 0 aliphatic heterocycles. The molecule has 3 amide bonds. The van der Waals surface area contributed by atoms with E-state index in [1.807, 2.05) is 6.26 Å². The molecule has 0 spiro atoms. The van der Waals surface area contributed by atoms with Crippen LogP contribution in [0.1, 0.15) is 66.5 Å². The summed E-state index contributed by atoms with van der Waals surface area (Å²) in [6.45, 7) is 10.2. The minimum Gasteiger partial charge on any atom is -0.467 e. The first-order valence-electron chi connectivity index (χ1n) is 12.9. The number of hydrogen-bond donors (Lipinski definition) is 4. The van der Waals surface area contributed by atoms with Gasteiger partial charge in [-0.15, -0.1) is 0 Å². The van der Waals surface area contributed by atoms with Gasteiger partial charge in [0.05, 0.1) is 13.4 Å². The molecule has 14 heteroatoms. The fourth-order valence-corrected chi connectivity index (χ4v) is 3.85. The van der Waals surface area contributed by atoms with Crippen LogP contribution in [0, 0.1) is 0 Å². The average Bonchev–Trinajstić information content (AvgIpc) is 3.34. The summed E-state index contributed by atoms with van der Waals surface area (Å²) < 4.78 is 15.4. The Bertz CT molecular complexity index is 988. The van der Waals surface area contributed by atoms with Gasteiger partial charge in [0.15, 0.2) is 0 Å². The highest BCUT2D eigenvalue weighted by Crippen LogP contribution is 2.12. The molecule has 13 nitrogen and oxygen atoms in total. The third-order valence-electron chi connectivity index (χ3n) is 5.09. The van der Waals surface area contributed by atoms with E-state index in [2.05, 4.69) is 25.9 Å². The maximum atomic E-state index is 13.4. The van der Waals surface area contributed by atoms with Crippen LogP contribution in [0.4, 0.5) is 4.79 Å². The Labute approximate surface area is 239 Å². The number of esters is 2. The predicted molar refractivity (Wildman–Crippen MR) is 149 cm³/mol. The van der Waals surface area contributed by atoms with Crippen molar-refractivity contribution in [2.24, 2.45) is 0 Å². The molecule has 1 rings (SSSR count). The first-order chi connectivity index (χ1) is 18.5. The zero-order chi connectivity index (χ0) is 30.5. The van der Waals surface area contributed by atoms with E-state index in [1.165, 1.54) is 31.4 Å². The van der Waals surface area contributed by atoms with Gasteiger partial charge in [-0.05, 0) is 66.4 Å². The van der Waals surface area contributed by atoms with Gasteiger partial charge < -0.3 is 35.1 Å². The number of nitrogens with zero attached hydrogens (tertiary/aromatic N) is 1. The van der Waals surface area contributed by atoms with Crippen molar-refractivity contribution in [2.45, 2.75) is 96.6 Å². The van der Waals surface area contributed by atoms with Crippen LogP contribution >= 0.6 is 11.8 Å². The average molecular weight is 586 g/mol. The number of aromatic amines is 1. The normalized spacial score (nSPS) is 13.8. The number of imidazole rings is 1. The summed E-state index contributed by atoms with van der Waals surface area (Å²) in [7, 11) is 1.19. The van der Waals surface area contributed by atoms with E-state index < -0.39 is 59.2 Å². The predicted octanol–water partition coefficient (Wildman–Crippen LogP) is 1.86. The third kappa shape index (κ3) is 14.2. The first-order valence-corrected chi connectivity index (χ1v) is 14.3. The van der Waals surface area contributed by atoms with Crippen molar-refractivity contribution >= 4 is 41.6 Å². The van der Waals surface area contributed by atoms with Crippen LogP contribution in [0.2, 0.25) is 0 Å². The number of rotatable bonds is 14. The van der Waals surface area contributed by atoms with Crippen LogP contribution in [0.5, 0.6) is 0 Å². The Hall–Kier alpha value is -3.29. The molecule has 0 bridgehead atoms. The summed E-state index contributed by atoms with van der Waals surface area (Å²) in [6, 6.07) is -3.34. The van der Waals surface area contributed by atoms with Crippen molar-refractivity contribution in [3.8, 4) is 0 Å². The molecule has 0 aliphatic rings. The number of ether oxygens (including phenoxy) is 3. The van der Waals surface area contributed by atoms with E-state index in [-0.39, 0.29) is 25.7 Å². The van der Waals surface area contributed by atoms with Gasteiger partial charge in [-0.1, -0.05) is 0 Å². The molecule has 1 aromatic rings. The topological polar surface area (TPSA) is 178 Å². The van der Waals surface area contributed by atoms with Crippen LogP contribution < -0.4 is 16.0 Å². The number of carbonyl (C=O) groups is 5. The number of aromatic nitrogens is 2. The second kappa shape index (κ2) is 16.1. The fourth-order valence-electron chi connectivity index (χ4n) is 3.37. The van der Waals surface area contributed by atoms with Gasteiger partial charge in [-0.25, -0.2) is 14.6 Å². The Morgan fingerprint density at radius 3 is 1.98 bits per heavy atom. The lowest BCUT2D eigenvalue weighted by Crippen LogP contribution is -2.56. The summed E-state index contributed by atoms with van der Waals surface area (Å²) in [4.78, 5) is 70.6. The minimum absolute atomic E-state index is 0.0572. The van der Waals surface area contributed by atoms with Gasteiger partial charge in [0.2, 0.25) is 11.8 Å². The van der Waals surface area contributed by atoms with E-state index in [1.54, 1.807) is 41.5 Å². The van der Waals surface area contributed by atoms with Crippen molar-refractivity contribution in [1.82, 2.24) is 25.9 Å². The Kier molecular flexibility index (Phi) is 14.0. The molecule has 1 heterocycles. The summed E-state index contributed by atoms with van der Waals surface area (Å²) >= 11 is 1.48. The lowest BCUT2D eigenvalue weighted by Gasteiger charge is -2.26. The number of thioether (sulfide) groups is 1. The molecular weight excluding hydrogens is 542 g/mol. The standard InChI is InChI=1S/C26H43N5O8S/c1-25(2,3)38-20(32)10-9-17(21(33)30-19(23(35)37-7)13-16-14-27-15-28-16)29-22(34)18(11-12-40-8)31-24(36)39-26(4,5)6/h14-15,17-19H,9-13H2,1-8H3,(H,27,28)(H,29,34)(H,30,33)(H,31,36)/t17-,18-,19-/m0/s1. The lowest BCUT2D eigenvalue weighted by molar-refractivity contribution is -0.155. The molecule has 0 saturated carbocycles. The van der Waals surface area contributed by atoms with Gasteiger partial charge in [0.1, 0.15) is 29.3 Å². The summed E-state index contributed by atoms with van der Waals surface area (Å²) in [5.74, 6) is -2.09. The second-order valence-corrected chi connectivity index (χ2v) is 12.0. The van der Waals surface area contributed by atoms with Crippen LogP contribution in [0.15, 0.2) is 12.5 Å². The molecule has 0 radical (unpaired) electrons. The maximum Gasteiger partial charge on any atom is 0.408 e. The zero-order valence-electron chi connectivity index (χ0n) is 24.5. The van der Waals surface area contributed by atoms with E-state index >= 15 is 0 Å². The second-order valence-electron chi connectivity index (χ2n) is 11.0. The van der Waals surface area contributed by atoms with E-state index in [4.69, 9.17) is 14.2 Å². The molecular formula is C26H43N5O8S. The summed E-state index contributed by atoms with van der Waals surface area (Å²) in [6.07, 6.45) is 4.02. The van der Waals surface area contributed by atoms with E-state index in [0.29, 0.717) is 11.4 Å². The Morgan fingerprint density at radius 1 is 0.900 bits per heavy atom. The van der Waals surface area contributed by atoms with Gasteiger partial charge in [-0.2, -0.15) is 11.8 Å². The SMILES string of the molecule is COC(=O)[C@H](Cc1cnc[nH]1)NC(=O)[C@H](CCC(=O)OC(C)(C)C)NC(=O)[C@H](CCSC)NC(=O)OC(C)(C)C. The smallest absolute Gasteiger partial charge is 0.408 e. The van der Waals surface area contributed by atoms with E-state index in [0.717, 1.165) is 0 Å². The number of alkyl carbamates (subject to hydrolysis) is 1. The number of amides is 3. The molecule has 40 heavy (non-hydrogen) atoms. The van der Waals surface area contributed by atoms with Crippen LogP contribution in [0.3, 0.4) is 0 Å². The van der Waals surface area contributed by atoms with Crippen LogP contribution in [-0.4, -0.2) is 88.3 Å². The zero-order valence-corrected chi connectivity index (χ0v) is 25.4. The number of nitrogens with one attached hydrogen (secondary N) is 4. The van der Waals surface area contributed by atoms with E-state index in [9.17, 15) is 24.0 Å². The number of hydrogen-bond acceptors (Lipinski definition) is 10. The van der Waals surface area contributed by atoms with Crippen molar-refractivity contribution < 1.29 is 38.2 Å². The highest BCUT2D eigenvalue weighted by Gasteiger charge is 2.32. The largest absolute Gasteiger partial charge is 0.467 e. The third-order valence-corrected chi connectivity index (χ3v) is 5.73. The molecule has 0 unspecified atom stereocenters. The minimum atomic E-state index is -1.23. The van der Waals surface area contributed by atoms with Crippen molar-refractivity contribution in [1.29, 1.82) is 0 Å². The lowest BCUT2D eigenvalue weighted by atomic mass is 10.1. The summed E-state index contributed by atoms with van der Waals surface area (Å²) in [5.41, 5.74) is -0.945. The van der Waals surface area contributed by atoms with Crippen molar-refractivity contribution in [3.05, 3.63) is 18.2 Å². The number of carbonyl (C=O) groups excluding carboxylic acids is 5.